The number of sulfonamides is 1. The monoisotopic (exact) mass is 302 g/mol. The number of hydrogen-bond acceptors (Lipinski definition) is 3. The molecule has 2 rings (SSSR count). The Hall–Kier alpha value is -2.06. The van der Waals surface area contributed by atoms with Gasteiger partial charge in [-0.15, -0.1) is 0 Å². The van der Waals surface area contributed by atoms with E-state index in [4.69, 9.17) is 5.26 Å². The van der Waals surface area contributed by atoms with Gasteiger partial charge in [-0.05, 0) is 24.8 Å². The third kappa shape index (κ3) is 2.72. The molecule has 0 aliphatic rings. The van der Waals surface area contributed by atoms with Crippen LogP contribution in [0.15, 0.2) is 42.5 Å². The summed E-state index contributed by atoms with van der Waals surface area (Å²) in [5, 5.41) is 9.95. The normalized spacial score (nSPS) is 12.8. The van der Waals surface area contributed by atoms with Crippen molar-refractivity contribution >= 4 is 26.5 Å². The summed E-state index contributed by atoms with van der Waals surface area (Å²) in [6.07, 6.45) is 0.278. The Morgan fingerprint density at radius 1 is 1.14 bits per heavy atom. The highest BCUT2D eigenvalue weighted by Gasteiger charge is 2.30. The summed E-state index contributed by atoms with van der Waals surface area (Å²) in [4.78, 5) is 0. The zero-order valence-electron chi connectivity index (χ0n) is 12.2. The topological polar surface area (TPSA) is 61.2 Å². The molecule has 0 fully saturated rings. The summed E-state index contributed by atoms with van der Waals surface area (Å²) in [6.45, 7) is 3.79. The van der Waals surface area contributed by atoms with Gasteiger partial charge in [0.1, 0.15) is 0 Å². The fourth-order valence-electron chi connectivity index (χ4n) is 2.44. The molecule has 2 aromatic rings. The van der Waals surface area contributed by atoms with E-state index in [2.05, 4.69) is 0 Å². The van der Waals surface area contributed by atoms with E-state index in [-0.39, 0.29) is 6.42 Å². The van der Waals surface area contributed by atoms with Crippen LogP contribution in [0.25, 0.3) is 10.8 Å². The number of anilines is 1. The van der Waals surface area contributed by atoms with Crippen LogP contribution in [0.5, 0.6) is 0 Å². The standard InChI is InChI=1S/C16H18N2O2S/c1-3-14(12-17)21(19,20)18(4-2)16-11-7-9-13-8-5-6-10-15(13)16/h5-11,14H,3-4H2,1-2H3. The largest absolute Gasteiger partial charge is 0.269 e. The molecule has 1 atom stereocenters. The van der Waals surface area contributed by atoms with Gasteiger partial charge in [0.15, 0.2) is 5.25 Å². The molecule has 1 unspecified atom stereocenters. The molecule has 0 saturated heterocycles. The van der Waals surface area contributed by atoms with Gasteiger partial charge in [-0.1, -0.05) is 43.3 Å². The van der Waals surface area contributed by atoms with E-state index in [0.717, 1.165) is 10.8 Å². The molecule has 0 spiro atoms. The second-order valence-electron chi connectivity index (χ2n) is 4.73. The molecule has 0 saturated carbocycles. The summed E-state index contributed by atoms with van der Waals surface area (Å²) >= 11 is 0. The molecule has 4 nitrogen and oxygen atoms in total. The van der Waals surface area contributed by atoms with Crippen LogP contribution in [0.3, 0.4) is 0 Å². The third-order valence-corrected chi connectivity index (χ3v) is 5.73. The number of hydrogen-bond donors (Lipinski definition) is 0. The quantitative estimate of drug-likeness (QED) is 0.851. The molecule has 0 amide bonds. The van der Waals surface area contributed by atoms with Gasteiger partial charge in [0.2, 0.25) is 0 Å². The van der Waals surface area contributed by atoms with E-state index in [1.807, 2.05) is 42.5 Å². The van der Waals surface area contributed by atoms with E-state index in [0.29, 0.717) is 12.2 Å². The van der Waals surface area contributed by atoms with Gasteiger partial charge in [0, 0.05) is 11.9 Å². The molecule has 0 aliphatic heterocycles. The average Bonchev–Trinajstić information content (AvgIpc) is 2.49. The Kier molecular flexibility index (Phi) is 4.49. The lowest BCUT2D eigenvalue weighted by molar-refractivity contribution is 0.583. The lowest BCUT2D eigenvalue weighted by atomic mass is 10.1. The number of nitriles is 1. The molecular weight excluding hydrogens is 284 g/mol. The predicted molar refractivity (Wildman–Crippen MR) is 85.6 cm³/mol. The molecule has 21 heavy (non-hydrogen) atoms. The summed E-state index contributed by atoms with van der Waals surface area (Å²) in [7, 11) is -3.69. The molecule has 0 radical (unpaired) electrons. The highest BCUT2D eigenvalue weighted by molar-refractivity contribution is 7.93. The van der Waals surface area contributed by atoms with Crippen LogP contribution in [0.1, 0.15) is 20.3 Å². The Balaban J connectivity index is 2.63. The molecule has 0 bridgehead atoms. The number of fused-ring (bicyclic) bond motifs is 1. The molecule has 2 aromatic carbocycles. The van der Waals surface area contributed by atoms with Gasteiger partial charge in [-0.2, -0.15) is 5.26 Å². The maximum absolute atomic E-state index is 12.7. The van der Waals surface area contributed by atoms with Crippen LogP contribution >= 0.6 is 0 Å². The number of rotatable bonds is 5. The summed E-state index contributed by atoms with van der Waals surface area (Å²) in [6, 6.07) is 15.1. The number of nitrogens with zero attached hydrogens (tertiary/aromatic N) is 2. The van der Waals surface area contributed by atoms with Crippen LogP contribution in [0, 0.1) is 11.3 Å². The van der Waals surface area contributed by atoms with Gasteiger partial charge in [-0.3, -0.25) is 4.31 Å². The van der Waals surface area contributed by atoms with Gasteiger partial charge in [-0.25, -0.2) is 8.42 Å². The van der Waals surface area contributed by atoms with Crippen LogP contribution < -0.4 is 4.31 Å². The Morgan fingerprint density at radius 2 is 1.81 bits per heavy atom. The van der Waals surface area contributed by atoms with Crippen molar-refractivity contribution in [2.45, 2.75) is 25.5 Å². The SMILES string of the molecule is CCC(C#N)S(=O)(=O)N(CC)c1cccc2ccccc12. The highest BCUT2D eigenvalue weighted by atomic mass is 32.2. The maximum atomic E-state index is 12.7. The van der Waals surface area contributed by atoms with Crippen molar-refractivity contribution in [1.29, 1.82) is 5.26 Å². The maximum Gasteiger partial charge on any atom is 0.251 e. The van der Waals surface area contributed by atoms with E-state index in [9.17, 15) is 8.42 Å². The van der Waals surface area contributed by atoms with E-state index >= 15 is 0 Å². The van der Waals surface area contributed by atoms with E-state index in [1.54, 1.807) is 19.9 Å². The van der Waals surface area contributed by atoms with Crippen molar-refractivity contribution in [3.05, 3.63) is 42.5 Å². The van der Waals surface area contributed by atoms with Crippen molar-refractivity contribution in [2.24, 2.45) is 0 Å². The molecule has 0 heterocycles. The average molecular weight is 302 g/mol. The minimum atomic E-state index is -3.69. The second kappa shape index (κ2) is 6.15. The number of benzene rings is 2. The minimum Gasteiger partial charge on any atom is -0.269 e. The molecule has 0 N–H and O–H groups in total. The molecule has 110 valence electrons. The van der Waals surface area contributed by atoms with Crippen LogP contribution in [-0.4, -0.2) is 20.2 Å². The van der Waals surface area contributed by atoms with Crippen molar-refractivity contribution in [3.63, 3.8) is 0 Å². The van der Waals surface area contributed by atoms with Gasteiger partial charge >= 0.3 is 0 Å². The highest BCUT2D eigenvalue weighted by Crippen LogP contribution is 2.30. The summed E-state index contributed by atoms with van der Waals surface area (Å²) in [5.41, 5.74) is 0.629. The third-order valence-electron chi connectivity index (χ3n) is 3.50. The molecule has 5 heteroatoms. The second-order valence-corrected chi connectivity index (χ2v) is 6.77. The van der Waals surface area contributed by atoms with Gasteiger partial charge in [0.25, 0.3) is 10.0 Å². The van der Waals surface area contributed by atoms with E-state index in [1.165, 1.54) is 4.31 Å². The molecule has 0 aromatic heterocycles. The van der Waals surface area contributed by atoms with Crippen LogP contribution in [-0.2, 0) is 10.0 Å². The van der Waals surface area contributed by atoms with E-state index < -0.39 is 15.3 Å². The Labute approximate surface area is 125 Å². The first-order chi connectivity index (χ1) is 10.1. The van der Waals surface area contributed by atoms with Crippen LogP contribution in [0.4, 0.5) is 5.69 Å². The van der Waals surface area contributed by atoms with Crippen molar-refractivity contribution in [2.75, 3.05) is 10.8 Å². The fourth-order valence-corrected chi connectivity index (χ4v) is 4.09. The van der Waals surface area contributed by atoms with Crippen molar-refractivity contribution in [1.82, 2.24) is 0 Å². The predicted octanol–water partition coefficient (Wildman–Crippen LogP) is 3.30. The Morgan fingerprint density at radius 3 is 2.43 bits per heavy atom. The van der Waals surface area contributed by atoms with Crippen molar-refractivity contribution in [3.8, 4) is 6.07 Å². The first-order valence-electron chi connectivity index (χ1n) is 6.95. The smallest absolute Gasteiger partial charge is 0.251 e. The van der Waals surface area contributed by atoms with Crippen LogP contribution in [0.2, 0.25) is 0 Å². The molecule has 0 aliphatic carbocycles. The minimum absolute atomic E-state index is 0.278. The Bertz CT molecular complexity index is 773. The first kappa shape index (κ1) is 15.3. The first-order valence-corrected chi connectivity index (χ1v) is 8.45. The zero-order chi connectivity index (χ0) is 15.5. The van der Waals surface area contributed by atoms with Gasteiger partial charge in [0.05, 0.1) is 11.8 Å². The lowest BCUT2D eigenvalue weighted by Gasteiger charge is -2.26. The van der Waals surface area contributed by atoms with Crippen molar-refractivity contribution < 1.29 is 8.42 Å². The zero-order valence-corrected chi connectivity index (χ0v) is 13.0. The summed E-state index contributed by atoms with van der Waals surface area (Å²) < 4.78 is 26.7. The van der Waals surface area contributed by atoms with Gasteiger partial charge < -0.3 is 0 Å². The lowest BCUT2D eigenvalue weighted by Crippen LogP contribution is -2.38. The summed E-state index contributed by atoms with van der Waals surface area (Å²) in [5.74, 6) is 0. The fraction of sp³-hybridized carbons (Fsp3) is 0.312. The molecular formula is C16H18N2O2S.